The Balaban J connectivity index is 1.74. The summed E-state index contributed by atoms with van der Waals surface area (Å²) in [6.45, 7) is 0.448. The van der Waals surface area contributed by atoms with E-state index in [1.807, 2.05) is 36.7 Å². The van der Waals surface area contributed by atoms with E-state index in [9.17, 15) is 4.79 Å². The number of hydrogen-bond donors (Lipinski definition) is 1. The number of rotatable bonds is 4. The number of likely N-dealkylation sites (N-methyl/N-ethyl adjacent to an activating group) is 1. The maximum Gasteiger partial charge on any atom is 0.184 e. The quantitative estimate of drug-likeness (QED) is 0.721. The molecule has 2 aromatic heterocycles. The molecule has 2 atom stereocenters. The standard InChI is InChI=1S/C20H19N3O2S/c1-23-15-6-3-2-5-14(15)19(17-7-4-10-26-17)22-11-16(23)18(21)20(24)13-8-9-25-12-13/h2-10,12,16,18H,11,21H2,1H3. The first-order valence-corrected chi connectivity index (χ1v) is 9.27. The number of nitrogens with two attached hydrogens (primary N) is 1. The van der Waals surface area contributed by atoms with Gasteiger partial charge in [0, 0.05) is 18.3 Å². The number of hydrogen-bond acceptors (Lipinski definition) is 6. The van der Waals surface area contributed by atoms with Crippen molar-refractivity contribution in [1.29, 1.82) is 0 Å². The zero-order valence-electron chi connectivity index (χ0n) is 14.3. The van der Waals surface area contributed by atoms with Crippen LogP contribution in [-0.2, 0) is 0 Å². The van der Waals surface area contributed by atoms with Crippen molar-refractivity contribution in [2.45, 2.75) is 12.1 Å². The molecule has 6 heteroatoms. The SMILES string of the molecule is CN1c2ccccc2C(c2cccs2)=NCC1C(N)C(=O)c1ccoc1. The molecule has 0 fully saturated rings. The number of benzodiazepines with no additional fused rings is 1. The number of Topliss-reactive ketones (excluding diaryl/α,β-unsaturated/α-hetero) is 1. The summed E-state index contributed by atoms with van der Waals surface area (Å²) in [7, 11) is 1.97. The smallest absolute Gasteiger partial charge is 0.184 e. The number of ketones is 1. The summed E-state index contributed by atoms with van der Waals surface area (Å²) in [5.41, 5.74) is 9.89. The summed E-state index contributed by atoms with van der Waals surface area (Å²) in [5, 5.41) is 2.04. The number of nitrogens with zero attached hydrogens (tertiary/aromatic N) is 2. The Labute approximate surface area is 155 Å². The predicted octanol–water partition coefficient (Wildman–Crippen LogP) is 3.21. The summed E-state index contributed by atoms with van der Waals surface area (Å²) in [4.78, 5) is 20.8. The summed E-state index contributed by atoms with van der Waals surface area (Å²) in [6.07, 6.45) is 2.92. The lowest BCUT2D eigenvalue weighted by Crippen LogP contribution is -2.52. The molecule has 5 nitrogen and oxygen atoms in total. The fourth-order valence-electron chi connectivity index (χ4n) is 3.30. The first kappa shape index (κ1) is 16.8. The molecule has 0 saturated carbocycles. The maximum absolute atomic E-state index is 12.7. The van der Waals surface area contributed by atoms with E-state index in [-0.39, 0.29) is 11.8 Å². The third-order valence-corrected chi connectivity index (χ3v) is 5.63. The summed E-state index contributed by atoms with van der Waals surface area (Å²) in [6, 6.07) is 12.9. The summed E-state index contributed by atoms with van der Waals surface area (Å²) < 4.78 is 5.03. The average Bonchev–Trinajstić information content (AvgIpc) is 3.36. The minimum absolute atomic E-state index is 0.136. The van der Waals surface area contributed by atoms with Crippen molar-refractivity contribution in [2.75, 3.05) is 18.5 Å². The lowest BCUT2D eigenvalue weighted by Gasteiger charge is -2.32. The van der Waals surface area contributed by atoms with Crippen molar-refractivity contribution >= 4 is 28.5 Å². The molecule has 4 rings (SSSR count). The van der Waals surface area contributed by atoms with Gasteiger partial charge in [-0.05, 0) is 23.6 Å². The van der Waals surface area contributed by atoms with Gasteiger partial charge in [-0.2, -0.15) is 0 Å². The molecule has 0 saturated heterocycles. The fraction of sp³-hybridized carbons (Fsp3) is 0.200. The monoisotopic (exact) mass is 365 g/mol. The van der Waals surface area contributed by atoms with E-state index in [1.165, 1.54) is 12.5 Å². The molecule has 1 aliphatic rings. The van der Waals surface area contributed by atoms with Gasteiger partial charge in [0.15, 0.2) is 5.78 Å². The zero-order chi connectivity index (χ0) is 18.1. The van der Waals surface area contributed by atoms with E-state index < -0.39 is 6.04 Å². The van der Waals surface area contributed by atoms with Crippen LogP contribution < -0.4 is 10.6 Å². The Morgan fingerprint density at radius 2 is 2.15 bits per heavy atom. The first-order chi connectivity index (χ1) is 12.7. The highest BCUT2D eigenvalue weighted by molar-refractivity contribution is 7.12. The summed E-state index contributed by atoms with van der Waals surface area (Å²) in [5.74, 6) is -0.136. The number of anilines is 1. The van der Waals surface area contributed by atoms with Gasteiger partial charge in [0.05, 0.1) is 41.0 Å². The van der Waals surface area contributed by atoms with Crippen molar-refractivity contribution in [2.24, 2.45) is 10.7 Å². The second kappa shape index (κ2) is 6.90. The van der Waals surface area contributed by atoms with Gasteiger partial charge in [0.25, 0.3) is 0 Å². The summed E-state index contributed by atoms with van der Waals surface area (Å²) >= 11 is 1.66. The molecule has 0 amide bonds. The number of carbonyl (C=O) groups excluding carboxylic acids is 1. The lowest BCUT2D eigenvalue weighted by atomic mass is 9.98. The van der Waals surface area contributed by atoms with Gasteiger partial charge in [-0.1, -0.05) is 24.3 Å². The number of fused-ring (bicyclic) bond motifs is 1. The van der Waals surface area contributed by atoms with Gasteiger partial charge in [-0.3, -0.25) is 9.79 Å². The van der Waals surface area contributed by atoms with Crippen LogP contribution in [0.3, 0.4) is 0 Å². The zero-order valence-corrected chi connectivity index (χ0v) is 15.1. The van der Waals surface area contributed by atoms with Crippen molar-refractivity contribution in [3.63, 3.8) is 0 Å². The number of furan rings is 1. The highest BCUT2D eigenvalue weighted by Crippen LogP contribution is 2.30. The topological polar surface area (TPSA) is 71.8 Å². The third-order valence-electron chi connectivity index (χ3n) is 4.75. The van der Waals surface area contributed by atoms with Gasteiger partial charge >= 0.3 is 0 Å². The van der Waals surface area contributed by atoms with E-state index in [0.29, 0.717) is 12.1 Å². The number of carbonyl (C=O) groups is 1. The molecule has 1 aromatic carbocycles. The van der Waals surface area contributed by atoms with E-state index in [1.54, 1.807) is 17.4 Å². The van der Waals surface area contributed by atoms with Crippen LogP contribution >= 0.6 is 11.3 Å². The van der Waals surface area contributed by atoms with Crippen molar-refractivity contribution in [3.05, 3.63) is 76.4 Å². The number of para-hydroxylation sites is 1. The maximum atomic E-state index is 12.7. The first-order valence-electron chi connectivity index (χ1n) is 8.39. The average molecular weight is 365 g/mol. The van der Waals surface area contributed by atoms with Gasteiger partial charge in [-0.15, -0.1) is 11.3 Å². The molecule has 2 N–H and O–H groups in total. The largest absolute Gasteiger partial charge is 0.472 e. The fourth-order valence-corrected chi connectivity index (χ4v) is 4.05. The van der Waals surface area contributed by atoms with Crippen LogP contribution in [0.25, 0.3) is 0 Å². The molecular formula is C20H19N3O2S. The molecule has 3 aromatic rings. The van der Waals surface area contributed by atoms with Crippen LogP contribution in [0.5, 0.6) is 0 Å². The molecule has 1 aliphatic heterocycles. The second-order valence-corrected chi connectivity index (χ2v) is 7.21. The predicted molar refractivity (Wildman–Crippen MR) is 104 cm³/mol. The third kappa shape index (κ3) is 2.87. The molecule has 132 valence electrons. The minimum atomic E-state index is -0.697. The van der Waals surface area contributed by atoms with Crippen molar-refractivity contribution < 1.29 is 9.21 Å². The van der Waals surface area contributed by atoms with Gasteiger partial charge in [-0.25, -0.2) is 0 Å². The Kier molecular flexibility index (Phi) is 4.44. The molecule has 2 unspecified atom stereocenters. The molecule has 0 bridgehead atoms. The minimum Gasteiger partial charge on any atom is -0.472 e. The molecular weight excluding hydrogens is 346 g/mol. The molecule has 26 heavy (non-hydrogen) atoms. The van der Waals surface area contributed by atoms with Crippen LogP contribution in [0, 0.1) is 0 Å². The van der Waals surface area contributed by atoms with Crippen LogP contribution in [-0.4, -0.2) is 37.2 Å². The molecule has 3 heterocycles. The van der Waals surface area contributed by atoms with Crippen LogP contribution in [0.2, 0.25) is 0 Å². The highest BCUT2D eigenvalue weighted by Gasteiger charge is 2.32. The van der Waals surface area contributed by atoms with Crippen molar-refractivity contribution in [1.82, 2.24) is 0 Å². The number of aliphatic imine (C=N–C) groups is 1. The second-order valence-electron chi connectivity index (χ2n) is 6.26. The van der Waals surface area contributed by atoms with Crippen LogP contribution in [0.4, 0.5) is 5.69 Å². The number of benzene rings is 1. The van der Waals surface area contributed by atoms with E-state index >= 15 is 0 Å². The molecule has 0 spiro atoms. The van der Waals surface area contributed by atoms with E-state index in [4.69, 9.17) is 15.1 Å². The van der Waals surface area contributed by atoms with Crippen molar-refractivity contribution in [3.8, 4) is 0 Å². The Bertz CT molecular complexity index is 932. The van der Waals surface area contributed by atoms with Gasteiger partial charge < -0.3 is 15.1 Å². The lowest BCUT2D eigenvalue weighted by molar-refractivity contribution is 0.0949. The normalized spacial score (nSPS) is 18.0. The van der Waals surface area contributed by atoms with Gasteiger partial charge in [0.2, 0.25) is 0 Å². The Morgan fingerprint density at radius 1 is 1.31 bits per heavy atom. The molecule has 0 radical (unpaired) electrons. The Hall–Kier alpha value is -2.70. The van der Waals surface area contributed by atoms with Gasteiger partial charge in [0.1, 0.15) is 6.26 Å². The highest BCUT2D eigenvalue weighted by atomic mass is 32.1. The van der Waals surface area contributed by atoms with Crippen LogP contribution in [0.1, 0.15) is 20.8 Å². The Morgan fingerprint density at radius 3 is 2.88 bits per heavy atom. The number of thiophene rings is 1. The molecule has 0 aliphatic carbocycles. The van der Waals surface area contributed by atoms with E-state index in [0.717, 1.165) is 21.8 Å². The van der Waals surface area contributed by atoms with Crippen LogP contribution in [0.15, 0.2) is 69.8 Å². The van der Waals surface area contributed by atoms with E-state index in [2.05, 4.69) is 17.0 Å².